The van der Waals surface area contributed by atoms with Gasteiger partial charge in [-0.25, -0.2) is 0 Å². The maximum atomic E-state index is 11.9. The quantitative estimate of drug-likeness (QED) is 0.799. The minimum atomic E-state index is -4.35. The Morgan fingerprint density at radius 1 is 1.35 bits per heavy atom. The lowest BCUT2D eigenvalue weighted by Gasteiger charge is -2.20. The fourth-order valence-electron chi connectivity index (χ4n) is 1.88. The molecule has 1 rings (SSSR count). The van der Waals surface area contributed by atoms with Crippen LogP contribution in [0.25, 0.3) is 0 Å². The summed E-state index contributed by atoms with van der Waals surface area (Å²) in [5.41, 5.74) is 0. The molecule has 8 heteroatoms. The fraction of sp³-hybridized carbons (Fsp3) is 0.833. The molecule has 0 amide bonds. The first kappa shape index (κ1) is 16.9. The summed E-state index contributed by atoms with van der Waals surface area (Å²) in [4.78, 5) is 4.07. The predicted octanol–water partition coefficient (Wildman–Crippen LogP) is 2.64. The van der Waals surface area contributed by atoms with Gasteiger partial charge < -0.3 is 14.6 Å². The van der Waals surface area contributed by atoms with E-state index >= 15 is 0 Å². The minimum absolute atomic E-state index is 0.0104. The van der Waals surface area contributed by atoms with Gasteiger partial charge in [0.15, 0.2) is 5.82 Å². The SMILES string of the molecule is CCNC(CC)C(C)c1nc(COCC(F)(F)F)no1. The molecule has 0 aromatic carbocycles. The van der Waals surface area contributed by atoms with E-state index in [9.17, 15) is 13.2 Å². The van der Waals surface area contributed by atoms with Crippen molar-refractivity contribution in [3.05, 3.63) is 11.7 Å². The van der Waals surface area contributed by atoms with Crippen molar-refractivity contribution in [2.75, 3.05) is 13.2 Å². The van der Waals surface area contributed by atoms with Crippen molar-refractivity contribution in [2.24, 2.45) is 0 Å². The topological polar surface area (TPSA) is 60.2 Å². The van der Waals surface area contributed by atoms with Crippen LogP contribution in [0.2, 0.25) is 0 Å². The van der Waals surface area contributed by atoms with Crippen LogP contribution in [0, 0.1) is 0 Å². The highest BCUT2D eigenvalue weighted by Crippen LogP contribution is 2.20. The third kappa shape index (κ3) is 5.46. The number of nitrogens with zero attached hydrogens (tertiary/aromatic N) is 2. The first-order valence-electron chi connectivity index (χ1n) is 6.57. The molecule has 5 nitrogen and oxygen atoms in total. The van der Waals surface area contributed by atoms with Crippen molar-refractivity contribution in [2.45, 2.75) is 51.9 Å². The lowest BCUT2D eigenvalue weighted by atomic mass is 9.99. The van der Waals surface area contributed by atoms with Gasteiger partial charge in [-0.1, -0.05) is 25.9 Å². The zero-order chi connectivity index (χ0) is 15.2. The zero-order valence-electron chi connectivity index (χ0n) is 11.8. The van der Waals surface area contributed by atoms with Crippen LogP contribution in [0.15, 0.2) is 4.52 Å². The van der Waals surface area contributed by atoms with Gasteiger partial charge in [-0.15, -0.1) is 0 Å². The molecule has 0 saturated carbocycles. The van der Waals surface area contributed by atoms with Crippen molar-refractivity contribution >= 4 is 0 Å². The summed E-state index contributed by atoms with van der Waals surface area (Å²) in [6, 6.07) is 0.185. The molecule has 0 aliphatic rings. The van der Waals surface area contributed by atoms with Crippen molar-refractivity contribution in [3.8, 4) is 0 Å². The van der Waals surface area contributed by atoms with E-state index in [1.807, 2.05) is 20.8 Å². The molecule has 2 atom stereocenters. The molecular formula is C12H20F3N3O2. The number of ether oxygens (including phenoxy) is 1. The van der Waals surface area contributed by atoms with Gasteiger partial charge in [-0.05, 0) is 13.0 Å². The summed E-state index contributed by atoms with van der Waals surface area (Å²) in [6.45, 7) is 5.16. The van der Waals surface area contributed by atoms with E-state index in [-0.39, 0.29) is 24.4 Å². The number of likely N-dealkylation sites (N-methyl/N-ethyl adjacent to an activating group) is 1. The van der Waals surface area contributed by atoms with Crippen molar-refractivity contribution in [1.82, 2.24) is 15.5 Å². The Labute approximate surface area is 115 Å². The summed E-state index contributed by atoms with van der Waals surface area (Å²) < 4.78 is 45.4. The average molecular weight is 295 g/mol. The van der Waals surface area contributed by atoms with Gasteiger partial charge >= 0.3 is 6.18 Å². The van der Waals surface area contributed by atoms with Gasteiger partial charge in [0.05, 0.1) is 5.92 Å². The summed E-state index contributed by atoms with van der Waals surface area (Å²) >= 11 is 0. The molecule has 0 fully saturated rings. The van der Waals surface area contributed by atoms with Crippen molar-refractivity contribution in [3.63, 3.8) is 0 Å². The predicted molar refractivity (Wildman–Crippen MR) is 66.2 cm³/mol. The Hall–Kier alpha value is -1.15. The molecular weight excluding hydrogens is 275 g/mol. The molecule has 1 heterocycles. The van der Waals surface area contributed by atoms with E-state index < -0.39 is 12.8 Å². The van der Waals surface area contributed by atoms with E-state index in [2.05, 4.69) is 20.2 Å². The zero-order valence-corrected chi connectivity index (χ0v) is 11.8. The molecule has 1 aromatic heterocycles. The number of nitrogens with one attached hydrogen (secondary N) is 1. The highest BCUT2D eigenvalue weighted by Gasteiger charge is 2.28. The van der Waals surface area contributed by atoms with Gasteiger partial charge in [0.25, 0.3) is 0 Å². The van der Waals surface area contributed by atoms with E-state index in [0.29, 0.717) is 5.89 Å². The first-order chi connectivity index (χ1) is 9.37. The highest BCUT2D eigenvalue weighted by molar-refractivity contribution is 4.96. The van der Waals surface area contributed by atoms with Gasteiger partial charge in [0.2, 0.25) is 5.89 Å². The maximum absolute atomic E-state index is 11.9. The number of aromatic nitrogens is 2. The Morgan fingerprint density at radius 3 is 2.60 bits per heavy atom. The monoisotopic (exact) mass is 295 g/mol. The maximum Gasteiger partial charge on any atom is 0.411 e. The lowest BCUT2D eigenvalue weighted by molar-refractivity contribution is -0.177. The van der Waals surface area contributed by atoms with Gasteiger partial charge in [0.1, 0.15) is 13.2 Å². The fourth-order valence-corrected chi connectivity index (χ4v) is 1.88. The smallest absolute Gasteiger partial charge is 0.364 e. The number of hydrogen-bond donors (Lipinski definition) is 1. The third-order valence-corrected chi connectivity index (χ3v) is 2.88. The van der Waals surface area contributed by atoms with E-state index in [1.54, 1.807) is 0 Å². The van der Waals surface area contributed by atoms with Crippen LogP contribution in [0.3, 0.4) is 0 Å². The van der Waals surface area contributed by atoms with Gasteiger partial charge in [-0.2, -0.15) is 18.2 Å². The first-order valence-corrected chi connectivity index (χ1v) is 6.57. The Bertz CT molecular complexity index is 396. The minimum Gasteiger partial charge on any atom is -0.364 e. The molecule has 0 aliphatic carbocycles. The molecule has 1 N–H and O–H groups in total. The molecule has 0 aliphatic heterocycles. The normalized spacial score (nSPS) is 15.3. The Kier molecular flexibility index (Phi) is 6.41. The molecule has 0 spiro atoms. The van der Waals surface area contributed by atoms with Crippen LogP contribution in [-0.2, 0) is 11.3 Å². The standard InChI is InChI=1S/C12H20F3N3O2/c1-4-9(16-5-2)8(3)11-17-10(18-20-11)6-19-7-12(13,14)15/h8-9,16H,4-7H2,1-3H3. The van der Waals surface area contributed by atoms with Gasteiger partial charge in [-0.3, -0.25) is 0 Å². The van der Waals surface area contributed by atoms with Gasteiger partial charge in [0, 0.05) is 6.04 Å². The summed E-state index contributed by atoms with van der Waals surface area (Å²) in [5.74, 6) is 0.523. The summed E-state index contributed by atoms with van der Waals surface area (Å²) in [5, 5.41) is 6.92. The van der Waals surface area contributed by atoms with Crippen LogP contribution < -0.4 is 5.32 Å². The number of halogens is 3. The highest BCUT2D eigenvalue weighted by atomic mass is 19.4. The molecule has 1 aromatic rings. The van der Waals surface area contributed by atoms with Crippen molar-refractivity contribution < 1.29 is 22.4 Å². The molecule has 0 saturated heterocycles. The van der Waals surface area contributed by atoms with E-state index in [1.165, 1.54) is 0 Å². The molecule has 2 unspecified atom stereocenters. The Morgan fingerprint density at radius 2 is 2.05 bits per heavy atom. The van der Waals surface area contributed by atoms with Crippen molar-refractivity contribution in [1.29, 1.82) is 0 Å². The Balaban J connectivity index is 2.53. The van der Waals surface area contributed by atoms with E-state index in [4.69, 9.17) is 4.52 Å². The molecule has 0 radical (unpaired) electrons. The number of alkyl halides is 3. The van der Waals surface area contributed by atoms with E-state index in [0.717, 1.165) is 13.0 Å². The summed E-state index contributed by atoms with van der Waals surface area (Å²) in [7, 11) is 0. The number of rotatable bonds is 8. The molecule has 116 valence electrons. The van der Waals surface area contributed by atoms with Crippen LogP contribution in [-0.4, -0.2) is 35.5 Å². The lowest BCUT2D eigenvalue weighted by Crippen LogP contribution is -2.33. The second kappa shape index (κ2) is 7.58. The van der Waals surface area contributed by atoms with Crippen LogP contribution in [0.5, 0.6) is 0 Å². The molecule has 20 heavy (non-hydrogen) atoms. The third-order valence-electron chi connectivity index (χ3n) is 2.88. The summed E-state index contributed by atoms with van der Waals surface area (Å²) in [6.07, 6.45) is -3.46. The largest absolute Gasteiger partial charge is 0.411 e. The second-order valence-corrected chi connectivity index (χ2v) is 4.52. The van der Waals surface area contributed by atoms with Crippen LogP contribution >= 0.6 is 0 Å². The van der Waals surface area contributed by atoms with Crippen LogP contribution in [0.4, 0.5) is 13.2 Å². The second-order valence-electron chi connectivity index (χ2n) is 4.52. The average Bonchev–Trinajstić information content (AvgIpc) is 2.82. The van der Waals surface area contributed by atoms with Crippen LogP contribution in [0.1, 0.15) is 44.8 Å². The molecule has 0 bridgehead atoms. The number of hydrogen-bond acceptors (Lipinski definition) is 5.